The highest BCUT2D eigenvalue weighted by Gasteiger charge is 2.02. The highest BCUT2D eigenvalue weighted by molar-refractivity contribution is 6.07. The maximum absolute atomic E-state index is 12.1. The van der Waals surface area contributed by atoms with Gasteiger partial charge in [0.1, 0.15) is 0 Å². The van der Waals surface area contributed by atoms with Gasteiger partial charge in [0.2, 0.25) is 5.91 Å². The van der Waals surface area contributed by atoms with Gasteiger partial charge in [-0.25, -0.2) is 0 Å². The van der Waals surface area contributed by atoms with Gasteiger partial charge in [0.05, 0.1) is 0 Å². The number of nitrogens with zero attached hydrogens (tertiary/aromatic N) is 1. The van der Waals surface area contributed by atoms with Gasteiger partial charge in [-0.05, 0) is 48.0 Å². The molecule has 0 aliphatic heterocycles. The number of carbonyl (C=O) groups excluding carboxylic acids is 2. The summed E-state index contributed by atoms with van der Waals surface area (Å²) in [6.45, 7) is 1.45. The third kappa shape index (κ3) is 4.81. The second-order valence-corrected chi connectivity index (χ2v) is 5.44. The number of benzene rings is 2. The van der Waals surface area contributed by atoms with Gasteiger partial charge in [-0.3, -0.25) is 9.59 Å². The van der Waals surface area contributed by atoms with Gasteiger partial charge in [0.25, 0.3) is 0 Å². The number of ketones is 1. The fourth-order valence-electron chi connectivity index (χ4n) is 2.07. The molecule has 0 aromatic heterocycles. The average molecular weight is 308 g/mol. The minimum Gasteiger partial charge on any atom is -0.378 e. The van der Waals surface area contributed by atoms with Crippen molar-refractivity contribution in [3.05, 3.63) is 65.7 Å². The summed E-state index contributed by atoms with van der Waals surface area (Å²) in [4.78, 5) is 25.1. The quantitative estimate of drug-likeness (QED) is 0.678. The molecule has 0 heterocycles. The molecular weight excluding hydrogens is 288 g/mol. The van der Waals surface area contributed by atoms with E-state index in [9.17, 15) is 9.59 Å². The maximum Gasteiger partial charge on any atom is 0.221 e. The van der Waals surface area contributed by atoms with Crippen LogP contribution in [0.1, 0.15) is 22.8 Å². The Hall–Kier alpha value is -2.88. The van der Waals surface area contributed by atoms with Crippen molar-refractivity contribution in [2.45, 2.75) is 6.92 Å². The van der Waals surface area contributed by atoms with Gasteiger partial charge in [-0.2, -0.15) is 0 Å². The molecule has 1 amide bonds. The lowest BCUT2D eigenvalue weighted by Gasteiger charge is -2.11. The molecule has 0 atom stereocenters. The minimum atomic E-state index is -0.134. The van der Waals surface area contributed by atoms with Gasteiger partial charge < -0.3 is 10.2 Å². The average Bonchev–Trinajstić information content (AvgIpc) is 2.53. The molecule has 0 radical (unpaired) electrons. The molecule has 23 heavy (non-hydrogen) atoms. The number of amides is 1. The number of hydrogen-bond donors (Lipinski definition) is 1. The first-order valence-corrected chi connectivity index (χ1v) is 7.33. The lowest BCUT2D eigenvalue weighted by Crippen LogP contribution is -2.07. The third-order valence-corrected chi connectivity index (χ3v) is 3.33. The van der Waals surface area contributed by atoms with E-state index in [0.29, 0.717) is 11.3 Å². The molecule has 2 aromatic carbocycles. The van der Waals surface area contributed by atoms with Crippen molar-refractivity contribution < 1.29 is 9.59 Å². The van der Waals surface area contributed by atoms with Crippen LogP contribution in [0.5, 0.6) is 0 Å². The van der Waals surface area contributed by atoms with E-state index < -0.39 is 0 Å². The Morgan fingerprint density at radius 2 is 1.57 bits per heavy atom. The summed E-state index contributed by atoms with van der Waals surface area (Å²) in [6.07, 6.45) is 3.35. The van der Waals surface area contributed by atoms with Gasteiger partial charge in [-0.15, -0.1) is 0 Å². The van der Waals surface area contributed by atoms with Crippen LogP contribution in [0.3, 0.4) is 0 Å². The predicted molar refractivity (Wildman–Crippen MR) is 94.9 cm³/mol. The third-order valence-electron chi connectivity index (χ3n) is 3.33. The lowest BCUT2D eigenvalue weighted by atomic mass is 10.1. The van der Waals surface area contributed by atoms with Crippen molar-refractivity contribution >= 4 is 29.1 Å². The van der Waals surface area contributed by atoms with E-state index in [1.807, 2.05) is 43.3 Å². The highest BCUT2D eigenvalue weighted by Crippen LogP contribution is 2.14. The summed E-state index contributed by atoms with van der Waals surface area (Å²) < 4.78 is 0. The molecule has 118 valence electrons. The Morgan fingerprint density at radius 1 is 0.957 bits per heavy atom. The number of nitrogens with one attached hydrogen (secondary N) is 1. The Kier molecular flexibility index (Phi) is 5.31. The number of carbonyl (C=O) groups is 2. The van der Waals surface area contributed by atoms with E-state index in [4.69, 9.17) is 0 Å². The first-order valence-electron chi connectivity index (χ1n) is 7.33. The van der Waals surface area contributed by atoms with Crippen LogP contribution in [-0.2, 0) is 4.79 Å². The zero-order valence-electron chi connectivity index (χ0n) is 13.5. The second kappa shape index (κ2) is 7.40. The molecule has 0 bridgehead atoms. The number of rotatable bonds is 5. The molecule has 1 N–H and O–H groups in total. The van der Waals surface area contributed by atoms with Gasteiger partial charge in [-0.1, -0.05) is 18.2 Å². The topological polar surface area (TPSA) is 49.4 Å². The molecule has 4 heteroatoms. The van der Waals surface area contributed by atoms with E-state index in [1.54, 1.807) is 36.4 Å². The molecule has 0 aliphatic carbocycles. The summed E-state index contributed by atoms with van der Waals surface area (Å²) >= 11 is 0. The van der Waals surface area contributed by atoms with Crippen LogP contribution in [0.25, 0.3) is 6.08 Å². The summed E-state index contributed by atoms with van der Waals surface area (Å²) in [7, 11) is 3.97. The number of hydrogen-bond acceptors (Lipinski definition) is 3. The fraction of sp³-hybridized carbons (Fsp3) is 0.158. The molecule has 0 saturated heterocycles. The van der Waals surface area contributed by atoms with E-state index in [-0.39, 0.29) is 11.7 Å². The van der Waals surface area contributed by atoms with Crippen molar-refractivity contribution in [3.8, 4) is 0 Å². The van der Waals surface area contributed by atoms with Crippen LogP contribution in [0.2, 0.25) is 0 Å². The monoisotopic (exact) mass is 308 g/mol. The van der Waals surface area contributed by atoms with Crippen LogP contribution in [0.15, 0.2) is 54.6 Å². The standard InChI is InChI=1S/C19H20N2O2/c1-14(22)20-17-9-7-16(8-10-17)19(23)13-6-15-4-11-18(12-5-15)21(2)3/h4-13H,1-3H3,(H,20,22)/b13-6-. The lowest BCUT2D eigenvalue weighted by molar-refractivity contribution is -0.114. The minimum absolute atomic E-state index is 0.0731. The molecular formula is C19H20N2O2. The van der Waals surface area contributed by atoms with Gasteiger partial charge in [0.15, 0.2) is 5.78 Å². The van der Waals surface area contributed by atoms with Gasteiger partial charge >= 0.3 is 0 Å². The smallest absolute Gasteiger partial charge is 0.221 e. The molecule has 2 rings (SSSR count). The fourth-order valence-corrected chi connectivity index (χ4v) is 2.07. The summed E-state index contributed by atoms with van der Waals surface area (Å²) in [6, 6.07) is 14.8. The molecule has 0 fully saturated rings. The van der Waals surface area contributed by atoms with E-state index in [2.05, 4.69) is 5.32 Å². The highest BCUT2D eigenvalue weighted by atomic mass is 16.1. The Labute approximate surface area is 136 Å². The molecule has 0 unspecified atom stereocenters. The normalized spacial score (nSPS) is 10.6. The SMILES string of the molecule is CC(=O)Nc1ccc(C(=O)/C=C\c2ccc(N(C)C)cc2)cc1. The molecule has 2 aromatic rings. The van der Waals surface area contributed by atoms with Crippen LogP contribution in [-0.4, -0.2) is 25.8 Å². The summed E-state index contributed by atoms with van der Waals surface area (Å²) in [5, 5.41) is 2.67. The Bertz CT molecular complexity index is 714. The van der Waals surface area contributed by atoms with Crippen molar-refractivity contribution in [3.63, 3.8) is 0 Å². The zero-order valence-corrected chi connectivity index (χ0v) is 13.5. The summed E-state index contributed by atoms with van der Waals surface area (Å²) in [5.41, 5.74) is 3.35. The molecule has 0 saturated carbocycles. The van der Waals surface area contributed by atoms with Crippen LogP contribution in [0, 0.1) is 0 Å². The maximum atomic E-state index is 12.1. The van der Waals surface area contributed by atoms with Crippen LogP contribution in [0.4, 0.5) is 11.4 Å². The predicted octanol–water partition coefficient (Wildman–Crippen LogP) is 3.61. The van der Waals surface area contributed by atoms with Crippen molar-refractivity contribution in [1.82, 2.24) is 0 Å². The number of allylic oxidation sites excluding steroid dienone is 1. The van der Waals surface area contributed by atoms with E-state index >= 15 is 0 Å². The molecule has 0 spiro atoms. The number of anilines is 2. The largest absolute Gasteiger partial charge is 0.378 e. The Morgan fingerprint density at radius 3 is 2.09 bits per heavy atom. The molecule has 0 aliphatic rings. The van der Waals surface area contributed by atoms with E-state index in [1.165, 1.54) is 6.92 Å². The Balaban J connectivity index is 2.04. The van der Waals surface area contributed by atoms with Crippen LogP contribution >= 0.6 is 0 Å². The molecule has 4 nitrogen and oxygen atoms in total. The summed E-state index contributed by atoms with van der Waals surface area (Å²) in [5.74, 6) is -0.207. The van der Waals surface area contributed by atoms with Gasteiger partial charge in [0, 0.05) is 38.0 Å². The van der Waals surface area contributed by atoms with Crippen molar-refractivity contribution in [2.75, 3.05) is 24.3 Å². The zero-order chi connectivity index (χ0) is 16.8. The van der Waals surface area contributed by atoms with Crippen molar-refractivity contribution in [1.29, 1.82) is 0 Å². The van der Waals surface area contributed by atoms with Crippen molar-refractivity contribution in [2.24, 2.45) is 0 Å². The first kappa shape index (κ1) is 16.5. The second-order valence-electron chi connectivity index (χ2n) is 5.44. The van der Waals surface area contributed by atoms with Crippen LogP contribution < -0.4 is 10.2 Å². The first-order chi connectivity index (χ1) is 11.0. The van der Waals surface area contributed by atoms with E-state index in [0.717, 1.165) is 11.3 Å².